The first-order valence-electron chi connectivity index (χ1n) is 14.1. The molecule has 0 saturated carbocycles. The van der Waals surface area contributed by atoms with Gasteiger partial charge in [0.1, 0.15) is 11.4 Å². The number of anilines is 2. The maximum atomic E-state index is 13.5. The lowest BCUT2D eigenvalue weighted by Crippen LogP contribution is -2.30. The number of amides is 3. The summed E-state index contributed by atoms with van der Waals surface area (Å²) < 4.78 is 5.47. The Bertz CT molecular complexity index is 1590. The van der Waals surface area contributed by atoms with E-state index in [1.165, 1.54) is 11.8 Å². The molecule has 8 heteroatoms. The molecule has 3 amide bonds. The molecule has 220 valence electrons. The fourth-order valence-corrected chi connectivity index (χ4v) is 5.24. The Labute approximate surface area is 256 Å². The fourth-order valence-electron chi connectivity index (χ4n) is 4.22. The second-order valence-corrected chi connectivity index (χ2v) is 11.0. The van der Waals surface area contributed by atoms with Gasteiger partial charge in [-0.3, -0.25) is 14.4 Å². The third kappa shape index (κ3) is 9.34. The first kappa shape index (κ1) is 31.1. The van der Waals surface area contributed by atoms with Gasteiger partial charge in [-0.05, 0) is 86.5 Å². The topological polar surface area (TPSA) is 96.5 Å². The number of benzene rings is 4. The zero-order valence-corrected chi connectivity index (χ0v) is 25.2. The Morgan fingerprint density at radius 2 is 1.56 bits per heavy atom. The number of carbonyl (C=O) groups is 3. The van der Waals surface area contributed by atoms with E-state index in [0.29, 0.717) is 30.0 Å². The smallest absolute Gasteiger partial charge is 0.272 e. The third-order valence-electron chi connectivity index (χ3n) is 6.35. The SMILES string of the molecule is CCOc1ccc(NC(=O)C(CC)Sc2cccc(NC(=O)/C(=C\c3cccc(C)c3)NC(=O)c3ccccc3)c2)cc1. The average molecular weight is 594 g/mol. The number of ether oxygens (including phenoxy) is 1. The van der Waals surface area contributed by atoms with E-state index in [2.05, 4.69) is 16.0 Å². The lowest BCUT2D eigenvalue weighted by molar-refractivity contribution is -0.116. The van der Waals surface area contributed by atoms with Gasteiger partial charge in [0, 0.05) is 21.8 Å². The van der Waals surface area contributed by atoms with E-state index in [4.69, 9.17) is 4.74 Å². The lowest BCUT2D eigenvalue weighted by atomic mass is 10.1. The van der Waals surface area contributed by atoms with E-state index in [0.717, 1.165) is 21.8 Å². The Morgan fingerprint density at radius 3 is 2.26 bits per heavy atom. The molecular formula is C35H35N3O4S. The maximum absolute atomic E-state index is 13.5. The minimum atomic E-state index is -0.465. The third-order valence-corrected chi connectivity index (χ3v) is 7.71. The van der Waals surface area contributed by atoms with Gasteiger partial charge in [-0.25, -0.2) is 0 Å². The molecule has 4 rings (SSSR count). The molecule has 3 N–H and O–H groups in total. The summed E-state index contributed by atoms with van der Waals surface area (Å²) in [6, 6.07) is 31.0. The molecule has 0 fully saturated rings. The maximum Gasteiger partial charge on any atom is 0.272 e. The summed E-state index contributed by atoms with van der Waals surface area (Å²) in [7, 11) is 0. The van der Waals surface area contributed by atoms with E-state index in [1.807, 2.05) is 93.6 Å². The molecular weight excluding hydrogens is 558 g/mol. The van der Waals surface area contributed by atoms with Crippen molar-refractivity contribution in [3.63, 3.8) is 0 Å². The molecule has 0 aliphatic rings. The average Bonchev–Trinajstić information content (AvgIpc) is 3.01. The van der Waals surface area contributed by atoms with Crippen LogP contribution in [0.2, 0.25) is 0 Å². The summed E-state index contributed by atoms with van der Waals surface area (Å²) in [5.74, 6) is -0.216. The van der Waals surface area contributed by atoms with Gasteiger partial charge in [-0.2, -0.15) is 0 Å². The summed E-state index contributed by atoms with van der Waals surface area (Å²) in [5.41, 5.74) is 3.60. The molecule has 7 nitrogen and oxygen atoms in total. The molecule has 0 radical (unpaired) electrons. The molecule has 43 heavy (non-hydrogen) atoms. The predicted octanol–water partition coefficient (Wildman–Crippen LogP) is 7.31. The van der Waals surface area contributed by atoms with E-state index < -0.39 is 5.91 Å². The second-order valence-electron chi connectivity index (χ2n) is 9.74. The van der Waals surface area contributed by atoms with Gasteiger partial charge in [0.05, 0.1) is 11.9 Å². The van der Waals surface area contributed by atoms with Crippen molar-refractivity contribution >= 4 is 46.9 Å². The van der Waals surface area contributed by atoms with Gasteiger partial charge in [0.2, 0.25) is 5.91 Å². The summed E-state index contributed by atoms with van der Waals surface area (Å²) in [6.07, 6.45) is 2.26. The summed E-state index contributed by atoms with van der Waals surface area (Å²) >= 11 is 1.42. The van der Waals surface area contributed by atoms with Crippen LogP contribution in [0.5, 0.6) is 5.75 Å². The number of thioether (sulfide) groups is 1. The highest BCUT2D eigenvalue weighted by molar-refractivity contribution is 8.00. The van der Waals surface area contributed by atoms with Crippen molar-refractivity contribution in [3.8, 4) is 5.75 Å². The molecule has 4 aromatic rings. The Morgan fingerprint density at radius 1 is 0.814 bits per heavy atom. The van der Waals surface area contributed by atoms with Crippen LogP contribution in [-0.2, 0) is 9.59 Å². The zero-order valence-electron chi connectivity index (χ0n) is 24.4. The van der Waals surface area contributed by atoms with Crippen LogP contribution in [0.25, 0.3) is 6.08 Å². The number of rotatable bonds is 12. The van der Waals surface area contributed by atoms with E-state index >= 15 is 0 Å². The number of nitrogens with one attached hydrogen (secondary N) is 3. The van der Waals surface area contributed by atoms with Crippen LogP contribution in [0.1, 0.15) is 41.8 Å². The van der Waals surface area contributed by atoms with Crippen LogP contribution in [0, 0.1) is 6.92 Å². The molecule has 0 bridgehead atoms. The van der Waals surface area contributed by atoms with Crippen LogP contribution < -0.4 is 20.7 Å². The number of hydrogen-bond donors (Lipinski definition) is 3. The molecule has 1 unspecified atom stereocenters. The van der Waals surface area contributed by atoms with Gasteiger partial charge in [-0.1, -0.05) is 61.0 Å². The number of aryl methyl sites for hydroxylation is 1. The summed E-state index contributed by atoms with van der Waals surface area (Å²) in [5, 5.41) is 8.29. The number of hydrogen-bond acceptors (Lipinski definition) is 5. The van der Waals surface area contributed by atoms with E-state index in [9.17, 15) is 14.4 Å². The molecule has 0 heterocycles. The van der Waals surface area contributed by atoms with Crippen molar-refractivity contribution in [1.29, 1.82) is 0 Å². The molecule has 0 spiro atoms. The van der Waals surface area contributed by atoms with Crippen molar-refractivity contribution < 1.29 is 19.1 Å². The number of carbonyl (C=O) groups excluding carboxylic acids is 3. The molecule has 0 saturated heterocycles. The quantitative estimate of drug-likeness (QED) is 0.118. The van der Waals surface area contributed by atoms with Gasteiger partial charge in [-0.15, -0.1) is 11.8 Å². The molecule has 0 aliphatic heterocycles. The minimum absolute atomic E-state index is 0.110. The van der Waals surface area contributed by atoms with Crippen molar-refractivity contribution in [2.45, 2.75) is 37.3 Å². The van der Waals surface area contributed by atoms with E-state index in [-0.39, 0.29) is 22.8 Å². The lowest BCUT2D eigenvalue weighted by Gasteiger charge is -2.16. The van der Waals surface area contributed by atoms with Crippen LogP contribution >= 0.6 is 11.8 Å². The summed E-state index contributed by atoms with van der Waals surface area (Å²) in [6.45, 7) is 6.42. The fraction of sp³-hybridized carbons (Fsp3) is 0.171. The van der Waals surface area contributed by atoms with E-state index in [1.54, 1.807) is 36.4 Å². The monoisotopic (exact) mass is 593 g/mol. The highest BCUT2D eigenvalue weighted by Crippen LogP contribution is 2.29. The van der Waals surface area contributed by atoms with Crippen molar-refractivity contribution in [3.05, 3.63) is 126 Å². The van der Waals surface area contributed by atoms with Crippen LogP contribution in [0.15, 0.2) is 114 Å². The first-order valence-corrected chi connectivity index (χ1v) is 15.0. The second kappa shape index (κ2) is 15.4. The normalized spacial score (nSPS) is 11.7. The Kier molecular flexibility index (Phi) is 11.2. The molecule has 0 aromatic heterocycles. The Hall–Kier alpha value is -4.82. The highest BCUT2D eigenvalue weighted by Gasteiger charge is 2.19. The largest absolute Gasteiger partial charge is 0.494 e. The van der Waals surface area contributed by atoms with Crippen LogP contribution in [0.3, 0.4) is 0 Å². The van der Waals surface area contributed by atoms with Gasteiger partial charge < -0.3 is 20.7 Å². The standard InChI is InChI=1S/C35H35N3O4S/c1-4-32(35(41)36-27-17-19-29(20-18-27)42-5-2)43-30-16-10-15-28(23-30)37-34(40)31(22-25-12-9-11-24(3)21-25)38-33(39)26-13-7-6-8-14-26/h6-23,32H,4-5H2,1-3H3,(H,36,41)(H,37,40)(H,38,39)/b31-22+. The molecule has 4 aromatic carbocycles. The van der Waals surface area contributed by atoms with Gasteiger partial charge in [0.25, 0.3) is 11.8 Å². The molecule has 1 atom stereocenters. The Balaban J connectivity index is 1.47. The molecule has 0 aliphatic carbocycles. The highest BCUT2D eigenvalue weighted by atomic mass is 32.2. The minimum Gasteiger partial charge on any atom is -0.494 e. The zero-order chi connectivity index (χ0) is 30.6. The predicted molar refractivity (Wildman–Crippen MR) is 174 cm³/mol. The van der Waals surface area contributed by atoms with Crippen molar-refractivity contribution in [2.24, 2.45) is 0 Å². The van der Waals surface area contributed by atoms with Crippen LogP contribution in [-0.4, -0.2) is 29.6 Å². The van der Waals surface area contributed by atoms with Gasteiger partial charge >= 0.3 is 0 Å². The van der Waals surface area contributed by atoms with Crippen molar-refractivity contribution in [1.82, 2.24) is 5.32 Å². The van der Waals surface area contributed by atoms with Crippen LogP contribution in [0.4, 0.5) is 11.4 Å². The first-order chi connectivity index (χ1) is 20.8. The summed E-state index contributed by atoms with van der Waals surface area (Å²) in [4.78, 5) is 40.3. The van der Waals surface area contributed by atoms with Gasteiger partial charge in [0.15, 0.2) is 0 Å². The van der Waals surface area contributed by atoms with Crippen molar-refractivity contribution in [2.75, 3.05) is 17.2 Å².